The normalized spacial score (nSPS) is 52.7. The lowest BCUT2D eigenvalue weighted by Crippen LogP contribution is -2.60. The first-order chi connectivity index (χ1) is 13.2. The molecule has 0 aliphatic carbocycles. The fraction of sp³-hybridized carbons (Fsp3) is 1.00. The van der Waals surface area contributed by atoms with E-state index >= 15 is 0 Å². The largest absolute Gasteiger partial charge is 0.394 e. The predicted molar refractivity (Wildman–Crippen MR) is 83.2 cm³/mol. The molecule has 13 heteroatoms. The highest BCUT2D eigenvalue weighted by Gasteiger charge is 2.49. The van der Waals surface area contributed by atoms with Crippen molar-refractivity contribution in [2.24, 2.45) is 0 Å². The second-order valence-corrected chi connectivity index (χ2v) is 6.95. The van der Waals surface area contributed by atoms with E-state index in [1.807, 2.05) is 0 Å². The molecule has 3 rings (SSSR count). The third-order valence-corrected chi connectivity index (χ3v) is 4.98. The zero-order valence-corrected chi connectivity index (χ0v) is 14.7. The van der Waals surface area contributed by atoms with Crippen LogP contribution in [0.25, 0.3) is 0 Å². The maximum Gasteiger partial charge on any atom is 0.187 e. The van der Waals surface area contributed by atoms with E-state index < -0.39 is 80.4 Å². The number of aliphatic hydroxyl groups excluding tert-OH is 8. The maximum absolute atomic E-state index is 10.5. The van der Waals surface area contributed by atoms with Crippen LogP contribution >= 0.6 is 0 Å². The van der Waals surface area contributed by atoms with Crippen molar-refractivity contribution >= 4 is 0 Å². The molecule has 0 bridgehead atoms. The van der Waals surface area contributed by atoms with Gasteiger partial charge in [0.2, 0.25) is 0 Å². The molecule has 0 aromatic carbocycles. The van der Waals surface area contributed by atoms with Crippen LogP contribution < -0.4 is 0 Å². The van der Waals surface area contributed by atoms with Crippen LogP contribution in [0.15, 0.2) is 0 Å². The fourth-order valence-electron chi connectivity index (χ4n) is 3.26. The predicted octanol–water partition coefficient (Wildman–Crippen LogP) is -5.66. The topological polar surface area (TPSA) is 208 Å². The Morgan fingerprint density at radius 3 is 2.07 bits per heavy atom. The smallest absolute Gasteiger partial charge is 0.187 e. The lowest BCUT2D eigenvalue weighted by Gasteiger charge is -2.42. The highest BCUT2D eigenvalue weighted by atomic mass is 16.7. The lowest BCUT2D eigenvalue weighted by molar-refractivity contribution is -0.338. The molecule has 0 unspecified atom stereocenters. The van der Waals surface area contributed by atoms with Crippen LogP contribution in [0, 0.1) is 0 Å². The van der Waals surface area contributed by atoms with Crippen LogP contribution in [-0.2, 0) is 23.7 Å². The van der Waals surface area contributed by atoms with Gasteiger partial charge in [0.25, 0.3) is 0 Å². The summed E-state index contributed by atoms with van der Waals surface area (Å²) >= 11 is 0. The third kappa shape index (κ3) is 4.32. The van der Waals surface area contributed by atoms with Gasteiger partial charge in [-0.2, -0.15) is 0 Å². The van der Waals surface area contributed by atoms with E-state index in [-0.39, 0.29) is 13.2 Å². The summed E-state index contributed by atoms with van der Waals surface area (Å²) in [5.41, 5.74) is 0. The summed E-state index contributed by atoms with van der Waals surface area (Å²) in [6, 6.07) is 0. The molecule has 0 radical (unpaired) electrons. The van der Waals surface area contributed by atoms with Crippen LogP contribution in [0.4, 0.5) is 0 Å². The fourth-order valence-corrected chi connectivity index (χ4v) is 3.26. The van der Waals surface area contributed by atoms with Gasteiger partial charge >= 0.3 is 0 Å². The molecule has 8 N–H and O–H groups in total. The molecule has 13 nitrogen and oxygen atoms in total. The van der Waals surface area contributed by atoms with Crippen molar-refractivity contribution in [2.45, 2.75) is 73.8 Å². The van der Waals surface area contributed by atoms with E-state index in [2.05, 4.69) is 0 Å². The van der Waals surface area contributed by atoms with E-state index in [0.29, 0.717) is 0 Å². The highest BCUT2D eigenvalue weighted by Crippen LogP contribution is 2.29. The molecule has 0 aromatic heterocycles. The van der Waals surface area contributed by atoms with Crippen molar-refractivity contribution in [3.63, 3.8) is 0 Å². The molecule has 0 aromatic rings. The summed E-state index contributed by atoms with van der Waals surface area (Å²) in [5.74, 6) is 0. The molecular formula is C15H26O13. The molecule has 3 heterocycles. The van der Waals surface area contributed by atoms with Gasteiger partial charge in [-0.1, -0.05) is 0 Å². The second-order valence-electron chi connectivity index (χ2n) is 6.95. The Labute approximate surface area is 159 Å². The highest BCUT2D eigenvalue weighted by molar-refractivity contribution is 4.91. The van der Waals surface area contributed by atoms with Gasteiger partial charge in [-0.25, -0.2) is 0 Å². The molecular weight excluding hydrogens is 388 g/mol. The first kappa shape index (κ1) is 22.2. The van der Waals surface area contributed by atoms with Crippen molar-refractivity contribution in [3.8, 4) is 0 Å². The van der Waals surface area contributed by atoms with Crippen LogP contribution in [0.2, 0.25) is 0 Å². The Kier molecular flexibility index (Phi) is 7.20. The number of rotatable bonds is 5. The molecule has 0 saturated carbocycles. The van der Waals surface area contributed by atoms with Gasteiger partial charge < -0.3 is 64.5 Å². The number of hydrogen-bond donors (Lipinski definition) is 8. The lowest BCUT2D eigenvalue weighted by atomic mass is 10.0. The summed E-state index contributed by atoms with van der Waals surface area (Å²) in [7, 11) is 0. The van der Waals surface area contributed by atoms with E-state index in [1.165, 1.54) is 0 Å². The molecule has 3 aliphatic rings. The number of ether oxygens (including phenoxy) is 5. The van der Waals surface area contributed by atoms with Crippen molar-refractivity contribution in [3.05, 3.63) is 0 Å². The first-order valence-electron chi connectivity index (χ1n) is 8.81. The summed E-state index contributed by atoms with van der Waals surface area (Å²) in [6.07, 6.45) is -17.1. The second kappa shape index (κ2) is 9.09. The number of aliphatic hydroxyl groups is 8. The summed E-state index contributed by atoms with van der Waals surface area (Å²) in [4.78, 5) is 0. The van der Waals surface area contributed by atoms with Crippen LogP contribution in [0.3, 0.4) is 0 Å². The van der Waals surface area contributed by atoms with Crippen molar-refractivity contribution in [1.29, 1.82) is 0 Å². The minimum absolute atomic E-state index is 0.297. The van der Waals surface area contributed by atoms with Crippen LogP contribution in [0.5, 0.6) is 0 Å². The molecule has 3 aliphatic heterocycles. The van der Waals surface area contributed by atoms with Gasteiger partial charge in [0.15, 0.2) is 18.9 Å². The Balaban J connectivity index is 1.62. The van der Waals surface area contributed by atoms with Gasteiger partial charge in [0, 0.05) is 0 Å². The zero-order chi connectivity index (χ0) is 20.6. The molecule has 3 saturated heterocycles. The van der Waals surface area contributed by atoms with Crippen molar-refractivity contribution < 1.29 is 64.5 Å². The standard InChI is InChI=1S/C15H26O13/c16-1-5-7(18)10(21)15(26-5)28-12-4(17)2-25-14(11(12)22)27-6-3-24-13(23)9(20)8(6)19/h4-23H,1-3H2/t4-,5+,6-,7+,8+,9-,10-,11-,12+,13-,14+,15+/m1/s1. The Morgan fingerprint density at radius 2 is 1.43 bits per heavy atom. The molecule has 28 heavy (non-hydrogen) atoms. The molecule has 0 spiro atoms. The van der Waals surface area contributed by atoms with Gasteiger partial charge in [0.05, 0.1) is 19.8 Å². The summed E-state index contributed by atoms with van der Waals surface area (Å²) in [5, 5.41) is 78.3. The van der Waals surface area contributed by atoms with Crippen molar-refractivity contribution in [2.75, 3.05) is 19.8 Å². The Morgan fingerprint density at radius 1 is 0.714 bits per heavy atom. The van der Waals surface area contributed by atoms with Gasteiger partial charge in [-0.3, -0.25) is 0 Å². The van der Waals surface area contributed by atoms with Gasteiger partial charge in [-0.05, 0) is 0 Å². The monoisotopic (exact) mass is 414 g/mol. The minimum atomic E-state index is -1.63. The molecule has 12 atom stereocenters. The third-order valence-electron chi connectivity index (χ3n) is 4.98. The van der Waals surface area contributed by atoms with E-state index in [0.717, 1.165) is 0 Å². The van der Waals surface area contributed by atoms with Gasteiger partial charge in [0.1, 0.15) is 54.9 Å². The van der Waals surface area contributed by atoms with Crippen LogP contribution in [0.1, 0.15) is 0 Å². The minimum Gasteiger partial charge on any atom is -0.394 e. The quantitative estimate of drug-likeness (QED) is 0.211. The number of hydrogen-bond acceptors (Lipinski definition) is 13. The Hall–Kier alpha value is -0.520. The zero-order valence-electron chi connectivity index (χ0n) is 14.7. The van der Waals surface area contributed by atoms with Gasteiger partial charge in [-0.15, -0.1) is 0 Å². The molecule has 164 valence electrons. The average Bonchev–Trinajstić information content (AvgIpc) is 2.95. The average molecular weight is 414 g/mol. The first-order valence-corrected chi connectivity index (χ1v) is 8.81. The Bertz CT molecular complexity index is 508. The summed E-state index contributed by atoms with van der Waals surface area (Å²) in [6.45, 7) is -1.21. The molecule has 3 fully saturated rings. The van der Waals surface area contributed by atoms with E-state index in [4.69, 9.17) is 28.8 Å². The molecule has 0 amide bonds. The summed E-state index contributed by atoms with van der Waals surface area (Å²) < 4.78 is 26.0. The van der Waals surface area contributed by atoms with E-state index in [1.54, 1.807) is 0 Å². The maximum atomic E-state index is 10.5. The van der Waals surface area contributed by atoms with Crippen LogP contribution in [-0.4, -0.2) is 134 Å². The van der Waals surface area contributed by atoms with E-state index in [9.17, 15) is 35.7 Å². The SMILES string of the molecule is OC[C@@H]1O[C@@H](O[C@@H]2[C@@H](O)[C@H](O[C@@H]3CO[C@@H](O)[C@H](O)[C@H]3O)OC[C@H]2O)[C@H](O)[C@H]1O. The van der Waals surface area contributed by atoms with Crippen molar-refractivity contribution in [1.82, 2.24) is 0 Å².